The zero-order valence-corrected chi connectivity index (χ0v) is 12.2. The average molecular weight is 289 g/mol. The van der Waals surface area contributed by atoms with Crippen molar-refractivity contribution >= 4 is 11.0 Å². The third-order valence-corrected chi connectivity index (χ3v) is 3.99. The lowest BCUT2D eigenvalue weighted by molar-refractivity contribution is 0.839. The van der Waals surface area contributed by atoms with Crippen molar-refractivity contribution in [3.8, 4) is 23.6 Å². The molecule has 3 aromatic rings. The molecule has 0 aromatic carbocycles. The maximum atomic E-state index is 5.23. The number of rotatable bonds is 2. The second-order valence-corrected chi connectivity index (χ2v) is 5.59. The molecule has 1 saturated carbocycles. The zero-order valence-electron chi connectivity index (χ0n) is 12.2. The fourth-order valence-corrected chi connectivity index (χ4v) is 2.64. The van der Waals surface area contributed by atoms with E-state index in [9.17, 15) is 0 Å². The third kappa shape index (κ3) is 2.09. The normalized spacial score (nSPS) is 15.2. The summed E-state index contributed by atoms with van der Waals surface area (Å²) in [6.07, 6.45) is 13.5. The summed E-state index contributed by atoms with van der Waals surface area (Å²) in [5.74, 6) is 1.51. The second kappa shape index (κ2) is 4.85. The Morgan fingerprint density at radius 1 is 1.41 bits per heavy atom. The van der Waals surface area contributed by atoms with Gasteiger partial charge in [-0.1, -0.05) is 6.42 Å². The van der Waals surface area contributed by atoms with Crippen LogP contribution in [0.25, 0.3) is 22.2 Å². The minimum atomic E-state index is 0.554. The van der Waals surface area contributed by atoms with Crippen molar-refractivity contribution in [2.75, 3.05) is 0 Å². The first-order valence-electron chi connectivity index (χ1n) is 7.26. The van der Waals surface area contributed by atoms with Crippen LogP contribution in [0.4, 0.5) is 0 Å². The summed E-state index contributed by atoms with van der Waals surface area (Å²) in [7, 11) is 1.93. The van der Waals surface area contributed by atoms with Gasteiger partial charge in [-0.05, 0) is 25.0 Å². The monoisotopic (exact) mass is 289 g/mol. The number of pyridine rings is 1. The van der Waals surface area contributed by atoms with Crippen molar-refractivity contribution in [2.45, 2.75) is 18.8 Å². The Bertz CT molecular complexity index is 967. The average Bonchev–Trinajstić information content (AvgIpc) is 3.29. The van der Waals surface area contributed by atoms with Crippen LogP contribution in [0.5, 0.6) is 0 Å². The van der Waals surface area contributed by atoms with E-state index in [1.165, 1.54) is 12.8 Å². The molecule has 1 aliphatic rings. The fraction of sp³-hybridized carbons (Fsp3) is 0.235. The van der Waals surface area contributed by atoms with E-state index >= 15 is 0 Å². The van der Waals surface area contributed by atoms with E-state index in [2.05, 4.69) is 26.0 Å². The van der Waals surface area contributed by atoms with Gasteiger partial charge in [0.15, 0.2) is 0 Å². The van der Waals surface area contributed by atoms with Gasteiger partial charge in [-0.3, -0.25) is 0 Å². The minimum absolute atomic E-state index is 0.554. The van der Waals surface area contributed by atoms with Gasteiger partial charge in [-0.25, -0.2) is 9.97 Å². The van der Waals surface area contributed by atoms with Crippen LogP contribution in [0.3, 0.4) is 0 Å². The predicted octanol–water partition coefficient (Wildman–Crippen LogP) is 2.33. The van der Waals surface area contributed by atoms with Gasteiger partial charge in [0.1, 0.15) is 17.0 Å². The van der Waals surface area contributed by atoms with Crippen molar-refractivity contribution < 1.29 is 0 Å². The Kier molecular flexibility index (Phi) is 2.83. The largest absolute Gasteiger partial charge is 0.345 e. The number of nitrogens with zero attached hydrogens (tertiary/aromatic N) is 4. The first-order valence-corrected chi connectivity index (χ1v) is 7.26. The van der Waals surface area contributed by atoms with Gasteiger partial charge in [0.05, 0.1) is 0 Å². The predicted molar refractivity (Wildman–Crippen MR) is 84.7 cm³/mol. The van der Waals surface area contributed by atoms with E-state index in [0.29, 0.717) is 5.92 Å². The van der Waals surface area contributed by atoms with Crippen LogP contribution in [0.15, 0.2) is 35.7 Å². The van der Waals surface area contributed by atoms with E-state index < -0.39 is 0 Å². The summed E-state index contributed by atoms with van der Waals surface area (Å²) in [4.78, 5) is 16.4. The molecule has 0 amide bonds. The molecule has 5 nitrogen and oxygen atoms in total. The zero-order chi connectivity index (χ0) is 15.1. The molecule has 0 spiro atoms. The molecule has 0 atom stereocenters. The SMILES string of the molecule is C#CN=c1ccc(-c2c[nH]c3nc(C4CC4)ncc23)cn1C. The lowest BCUT2D eigenvalue weighted by Gasteiger charge is -2.04. The van der Waals surface area contributed by atoms with Crippen LogP contribution in [-0.4, -0.2) is 19.5 Å². The summed E-state index contributed by atoms with van der Waals surface area (Å²) in [6.45, 7) is 0. The number of hydrogen-bond acceptors (Lipinski definition) is 3. The van der Waals surface area contributed by atoms with E-state index in [0.717, 1.165) is 33.5 Å². The molecule has 3 aromatic heterocycles. The van der Waals surface area contributed by atoms with Crippen LogP contribution in [0.2, 0.25) is 0 Å². The highest BCUT2D eigenvalue weighted by atomic mass is 15.0. The maximum absolute atomic E-state index is 5.23. The number of hydrogen-bond donors (Lipinski definition) is 1. The first kappa shape index (κ1) is 12.8. The number of aromatic amines is 1. The number of terminal acetylenes is 1. The van der Waals surface area contributed by atoms with Gasteiger partial charge in [0.2, 0.25) is 0 Å². The molecule has 22 heavy (non-hydrogen) atoms. The Balaban J connectivity index is 1.82. The highest BCUT2D eigenvalue weighted by molar-refractivity contribution is 5.92. The van der Waals surface area contributed by atoms with E-state index in [-0.39, 0.29) is 0 Å². The summed E-state index contributed by atoms with van der Waals surface area (Å²) < 4.78 is 1.91. The molecule has 4 rings (SSSR count). The molecule has 0 radical (unpaired) electrons. The first-order chi connectivity index (χ1) is 10.8. The van der Waals surface area contributed by atoms with Crippen molar-refractivity contribution in [3.05, 3.63) is 42.0 Å². The highest BCUT2D eigenvalue weighted by Crippen LogP contribution is 2.38. The van der Waals surface area contributed by atoms with Crippen LogP contribution >= 0.6 is 0 Å². The molecule has 0 unspecified atom stereocenters. The van der Waals surface area contributed by atoms with E-state index in [1.54, 1.807) is 0 Å². The quantitative estimate of drug-likeness (QED) is 0.736. The summed E-state index contributed by atoms with van der Waals surface area (Å²) in [5.41, 5.74) is 3.80. The Labute approximate surface area is 127 Å². The molecule has 1 fully saturated rings. The summed E-state index contributed by atoms with van der Waals surface area (Å²) in [5, 5.41) is 1.03. The third-order valence-electron chi connectivity index (χ3n) is 3.99. The maximum Gasteiger partial charge on any atom is 0.142 e. The molecule has 1 N–H and O–H groups in total. The van der Waals surface area contributed by atoms with Gasteiger partial charge < -0.3 is 9.55 Å². The van der Waals surface area contributed by atoms with Crippen LogP contribution < -0.4 is 5.49 Å². The molecule has 5 heteroatoms. The molecule has 3 heterocycles. The Hall–Kier alpha value is -2.87. The molecule has 0 bridgehead atoms. The molecule has 108 valence electrons. The minimum Gasteiger partial charge on any atom is -0.345 e. The second-order valence-electron chi connectivity index (χ2n) is 5.59. The van der Waals surface area contributed by atoms with Gasteiger partial charge in [-0.15, -0.1) is 0 Å². The van der Waals surface area contributed by atoms with E-state index in [4.69, 9.17) is 6.42 Å². The van der Waals surface area contributed by atoms with Crippen LogP contribution in [0.1, 0.15) is 24.6 Å². The smallest absolute Gasteiger partial charge is 0.142 e. The lowest BCUT2D eigenvalue weighted by atomic mass is 10.1. The number of aromatic nitrogens is 4. The van der Waals surface area contributed by atoms with Gasteiger partial charge in [0, 0.05) is 54.1 Å². The number of aryl methyl sites for hydroxylation is 1. The van der Waals surface area contributed by atoms with Crippen LogP contribution in [0, 0.1) is 12.5 Å². The molecular weight excluding hydrogens is 274 g/mol. The van der Waals surface area contributed by atoms with Gasteiger partial charge >= 0.3 is 0 Å². The summed E-state index contributed by atoms with van der Waals surface area (Å²) >= 11 is 0. The standard InChI is InChI=1S/C17H15N5/c1-3-18-15-7-6-12(10-22(15)2)13-8-20-17-14(13)9-19-16(21-17)11-4-5-11/h1,6-11H,4-5H2,2H3,(H,19,20,21). The fourth-order valence-electron chi connectivity index (χ4n) is 2.64. The topological polar surface area (TPSA) is 58.9 Å². The van der Waals surface area contributed by atoms with Gasteiger partial charge in [-0.2, -0.15) is 4.99 Å². The number of fused-ring (bicyclic) bond motifs is 1. The molecule has 1 aliphatic carbocycles. The van der Waals surface area contributed by atoms with Crippen molar-refractivity contribution in [2.24, 2.45) is 12.0 Å². The Morgan fingerprint density at radius 3 is 3.00 bits per heavy atom. The van der Waals surface area contributed by atoms with Crippen molar-refractivity contribution in [1.29, 1.82) is 0 Å². The Morgan fingerprint density at radius 2 is 2.27 bits per heavy atom. The number of H-pyrrole nitrogens is 1. The molecule has 0 saturated heterocycles. The lowest BCUT2D eigenvalue weighted by Crippen LogP contribution is -2.16. The summed E-state index contributed by atoms with van der Waals surface area (Å²) in [6, 6.07) is 6.23. The highest BCUT2D eigenvalue weighted by Gasteiger charge is 2.26. The van der Waals surface area contributed by atoms with E-state index in [1.807, 2.05) is 42.3 Å². The number of nitrogens with one attached hydrogen (secondary N) is 1. The molecular formula is C17H15N5. The molecule has 0 aliphatic heterocycles. The van der Waals surface area contributed by atoms with Crippen LogP contribution in [-0.2, 0) is 7.05 Å². The van der Waals surface area contributed by atoms with Crippen molar-refractivity contribution in [1.82, 2.24) is 19.5 Å². The van der Waals surface area contributed by atoms with Crippen molar-refractivity contribution in [3.63, 3.8) is 0 Å². The van der Waals surface area contributed by atoms with Gasteiger partial charge in [0.25, 0.3) is 0 Å².